The van der Waals surface area contributed by atoms with Crippen molar-refractivity contribution >= 4 is 0 Å². The maximum Gasteiger partial charge on any atom is 0.199 e. The summed E-state index contributed by atoms with van der Waals surface area (Å²) < 4.78 is 12.3. The van der Waals surface area contributed by atoms with E-state index in [0.717, 1.165) is 24.7 Å². The second kappa shape index (κ2) is 10.7. The lowest BCUT2D eigenvalue weighted by atomic mass is 9.76. The lowest BCUT2D eigenvalue weighted by Gasteiger charge is -2.29. The highest BCUT2D eigenvalue weighted by Crippen LogP contribution is 2.37. The molecular weight excluding hydrogens is 344 g/mol. The van der Waals surface area contributed by atoms with Crippen molar-refractivity contribution in [2.24, 2.45) is 23.2 Å². The maximum absolute atomic E-state index is 6.15. The molecule has 2 rings (SSSR count). The first-order valence-corrected chi connectivity index (χ1v) is 11.6. The van der Waals surface area contributed by atoms with Gasteiger partial charge in [-0.05, 0) is 66.0 Å². The van der Waals surface area contributed by atoms with Gasteiger partial charge in [-0.3, -0.25) is 0 Å². The number of hydrogen-bond acceptors (Lipinski definition) is 2. The molecule has 160 valence electrons. The van der Waals surface area contributed by atoms with Gasteiger partial charge in [0.05, 0.1) is 6.61 Å². The Morgan fingerprint density at radius 2 is 1.61 bits per heavy atom. The van der Waals surface area contributed by atoms with Crippen LogP contribution in [0.2, 0.25) is 0 Å². The van der Waals surface area contributed by atoms with Gasteiger partial charge in [0.25, 0.3) is 0 Å². The van der Waals surface area contributed by atoms with E-state index in [0.29, 0.717) is 23.2 Å². The van der Waals surface area contributed by atoms with E-state index >= 15 is 0 Å². The summed E-state index contributed by atoms with van der Waals surface area (Å²) in [6, 6.07) is 8.76. The van der Waals surface area contributed by atoms with Crippen molar-refractivity contribution in [3.05, 3.63) is 29.8 Å². The Labute approximate surface area is 174 Å². The topological polar surface area (TPSA) is 18.5 Å². The van der Waals surface area contributed by atoms with Gasteiger partial charge in [-0.1, -0.05) is 73.4 Å². The summed E-state index contributed by atoms with van der Waals surface area (Å²) in [6.45, 7) is 17.0. The van der Waals surface area contributed by atoms with Crippen LogP contribution in [0.15, 0.2) is 24.3 Å². The Bertz CT molecular complexity index is 547. The predicted molar refractivity (Wildman–Crippen MR) is 120 cm³/mol. The average molecular weight is 389 g/mol. The van der Waals surface area contributed by atoms with E-state index < -0.39 is 0 Å². The minimum Gasteiger partial charge on any atom is -0.465 e. The van der Waals surface area contributed by atoms with E-state index in [-0.39, 0.29) is 6.29 Å². The number of rotatable bonds is 9. The van der Waals surface area contributed by atoms with Crippen LogP contribution in [0.1, 0.15) is 98.5 Å². The third kappa shape index (κ3) is 7.78. The Morgan fingerprint density at radius 1 is 1.00 bits per heavy atom. The van der Waals surface area contributed by atoms with Crippen molar-refractivity contribution in [1.29, 1.82) is 0 Å². The van der Waals surface area contributed by atoms with Crippen LogP contribution < -0.4 is 4.74 Å². The van der Waals surface area contributed by atoms with E-state index in [1.807, 2.05) is 0 Å². The summed E-state index contributed by atoms with van der Waals surface area (Å²) in [7, 11) is 0. The lowest BCUT2D eigenvalue weighted by molar-refractivity contribution is -0.0966. The number of ether oxygens (including phenoxy) is 2. The monoisotopic (exact) mass is 388 g/mol. The van der Waals surface area contributed by atoms with Crippen molar-refractivity contribution in [1.82, 2.24) is 0 Å². The molecule has 0 saturated heterocycles. The van der Waals surface area contributed by atoms with Crippen molar-refractivity contribution in [2.75, 3.05) is 6.61 Å². The molecule has 2 nitrogen and oxygen atoms in total. The van der Waals surface area contributed by atoms with Gasteiger partial charge in [0.15, 0.2) is 6.29 Å². The van der Waals surface area contributed by atoms with Gasteiger partial charge < -0.3 is 9.47 Å². The van der Waals surface area contributed by atoms with Crippen LogP contribution in [0.3, 0.4) is 0 Å². The van der Waals surface area contributed by atoms with Gasteiger partial charge in [0, 0.05) is 6.42 Å². The molecule has 0 aromatic heterocycles. The van der Waals surface area contributed by atoms with Gasteiger partial charge in [-0.15, -0.1) is 0 Å². The first-order chi connectivity index (χ1) is 13.2. The molecule has 2 unspecified atom stereocenters. The number of hydrogen-bond donors (Lipinski definition) is 0. The largest absolute Gasteiger partial charge is 0.465 e. The third-order valence-electron chi connectivity index (χ3n) is 6.20. The van der Waals surface area contributed by atoms with Crippen molar-refractivity contribution < 1.29 is 9.47 Å². The molecule has 1 aromatic rings. The maximum atomic E-state index is 6.15. The van der Waals surface area contributed by atoms with Crippen molar-refractivity contribution in [2.45, 2.75) is 99.2 Å². The fourth-order valence-electron chi connectivity index (χ4n) is 4.32. The first-order valence-electron chi connectivity index (χ1n) is 11.6. The summed E-state index contributed by atoms with van der Waals surface area (Å²) in [5.41, 5.74) is 1.75. The molecule has 0 bridgehead atoms. The highest BCUT2D eigenvalue weighted by molar-refractivity contribution is 5.30. The van der Waals surface area contributed by atoms with Gasteiger partial charge >= 0.3 is 0 Å². The zero-order valence-corrected chi connectivity index (χ0v) is 19.5. The highest BCUT2D eigenvalue weighted by Gasteiger charge is 2.23. The zero-order chi connectivity index (χ0) is 20.7. The molecule has 0 amide bonds. The van der Waals surface area contributed by atoms with E-state index in [1.54, 1.807) is 0 Å². The first kappa shape index (κ1) is 23.3. The normalized spacial score (nSPS) is 22.9. The van der Waals surface area contributed by atoms with Gasteiger partial charge in [-0.25, -0.2) is 0 Å². The van der Waals surface area contributed by atoms with E-state index in [4.69, 9.17) is 9.47 Å². The third-order valence-corrected chi connectivity index (χ3v) is 6.20. The van der Waals surface area contributed by atoms with Crippen molar-refractivity contribution in [3.8, 4) is 5.75 Å². The lowest BCUT2D eigenvalue weighted by Crippen LogP contribution is -2.25. The van der Waals surface area contributed by atoms with Crippen molar-refractivity contribution in [3.63, 3.8) is 0 Å². The molecule has 2 atom stereocenters. The van der Waals surface area contributed by atoms with Crippen LogP contribution in [0, 0.1) is 23.2 Å². The Morgan fingerprint density at radius 3 is 2.11 bits per heavy atom. The zero-order valence-electron chi connectivity index (χ0n) is 19.5. The molecule has 2 heteroatoms. The Balaban J connectivity index is 1.90. The fraction of sp³-hybridized carbons (Fsp3) is 0.769. The average Bonchev–Trinajstić information content (AvgIpc) is 2.64. The molecule has 0 radical (unpaired) electrons. The number of benzene rings is 1. The smallest absolute Gasteiger partial charge is 0.199 e. The minimum absolute atomic E-state index is 0.138. The Hall–Kier alpha value is -1.02. The molecule has 28 heavy (non-hydrogen) atoms. The van der Waals surface area contributed by atoms with Gasteiger partial charge in [0.2, 0.25) is 0 Å². The quantitative estimate of drug-likeness (QED) is 0.401. The molecule has 1 saturated carbocycles. The predicted octanol–water partition coefficient (Wildman–Crippen LogP) is 7.82. The Kier molecular flexibility index (Phi) is 8.86. The molecule has 1 aliphatic rings. The molecular formula is C26H44O2. The van der Waals surface area contributed by atoms with Gasteiger partial charge in [0.1, 0.15) is 5.75 Å². The minimum atomic E-state index is -0.138. The van der Waals surface area contributed by atoms with E-state index in [1.165, 1.54) is 37.7 Å². The summed E-state index contributed by atoms with van der Waals surface area (Å²) in [5, 5.41) is 0. The molecule has 0 heterocycles. The second-order valence-corrected chi connectivity index (χ2v) is 10.6. The van der Waals surface area contributed by atoms with Gasteiger partial charge in [-0.2, -0.15) is 0 Å². The second-order valence-electron chi connectivity index (χ2n) is 10.6. The highest BCUT2D eigenvalue weighted by atomic mass is 16.7. The molecule has 1 aliphatic carbocycles. The van der Waals surface area contributed by atoms with Crippen LogP contribution in [0.5, 0.6) is 5.75 Å². The van der Waals surface area contributed by atoms with Crippen LogP contribution in [0.4, 0.5) is 0 Å². The van der Waals surface area contributed by atoms with E-state index in [9.17, 15) is 0 Å². The molecule has 0 spiro atoms. The summed E-state index contributed by atoms with van der Waals surface area (Å²) >= 11 is 0. The summed E-state index contributed by atoms with van der Waals surface area (Å²) in [4.78, 5) is 0. The van der Waals surface area contributed by atoms with Crippen LogP contribution in [-0.2, 0) is 4.74 Å². The van der Waals surface area contributed by atoms with Crippen LogP contribution in [-0.4, -0.2) is 12.9 Å². The molecule has 1 fully saturated rings. The standard InChI is InChI=1S/C26H44O2/c1-8-25(27-18-21-11-9-20(4)10-12-21)28-23-15-13-22(14-16-23)24(19(2)3)17-26(5,6)7/h13-16,19-21,24-25H,8-12,17-18H2,1-7H3. The summed E-state index contributed by atoms with van der Waals surface area (Å²) in [5.74, 6) is 3.74. The summed E-state index contributed by atoms with van der Waals surface area (Å²) in [6.07, 6.45) is 7.24. The molecule has 1 aromatic carbocycles. The molecule has 0 aliphatic heterocycles. The van der Waals surface area contributed by atoms with Crippen LogP contribution in [0.25, 0.3) is 0 Å². The molecule has 0 N–H and O–H groups in total. The van der Waals surface area contributed by atoms with E-state index in [2.05, 4.69) is 72.7 Å². The SMILES string of the molecule is CCC(OCC1CCC(C)CC1)Oc1ccc(C(CC(C)(C)C)C(C)C)cc1. The van der Waals surface area contributed by atoms with Crippen LogP contribution >= 0.6 is 0 Å². The fourth-order valence-corrected chi connectivity index (χ4v) is 4.32.